The number of nitrogens with one attached hydrogen (secondary N) is 2. The number of rotatable bonds is 4. The standard InChI is InChI=1S/C20H22N8/c1-6-23-20(24-7-1)25-15-4-10-28(11-5-15)19-16-12-22-13-17(16)26-18(27-19)14-2-8-21-9-3-14/h1-3,6-9,15,22H,4-5,10-13H2,(H,23,24,25). The van der Waals surface area contributed by atoms with Crippen molar-refractivity contribution in [2.24, 2.45) is 0 Å². The average Bonchev–Trinajstić information content (AvgIpc) is 3.24. The van der Waals surface area contributed by atoms with Crippen molar-refractivity contribution in [2.75, 3.05) is 23.3 Å². The van der Waals surface area contributed by atoms with Gasteiger partial charge >= 0.3 is 0 Å². The summed E-state index contributed by atoms with van der Waals surface area (Å²) < 4.78 is 0. The monoisotopic (exact) mass is 374 g/mol. The van der Waals surface area contributed by atoms with E-state index in [0.29, 0.717) is 12.0 Å². The van der Waals surface area contributed by atoms with Crippen LogP contribution in [0.4, 0.5) is 11.8 Å². The number of anilines is 2. The molecule has 0 amide bonds. The van der Waals surface area contributed by atoms with Gasteiger partial charge < -0.3 is 15.5 Å². The first-order valence-electron chi connectivity index (χ1n) is 9.66. The van der Waals surface area contributed by atoms with E-state index >= 15 is 0 Å². The Balaban J connectivity index is 1.36. The van der Waals surface area contributed by atoms with Crippen LogP contribution in [-0.2, 0) is 13.1 Å². The van der Waals surface area contributed by atoms with Gasteiger partial charge in [-0.05, 0) is 31.0 Å². The summed E-state index contributed by atoms with van der Waals surface area (Å²) >= 11 is 0. The summed E-state index contributed by atoms with van der Waals surface area (Å²) in [5.74, 6) is 2.54. The maximum absolute atomic E-state index is 4.95. The Morgan fingerprint density at radius 1 is 0.964 bits per heavy atom. The van der Waals surface area contributed by atoms with E-state index in [-0.39, 0.29) is 0 Å². The summed E-state index contributed by atoms with van der Waals surface area (Å²) in [5.41, 5.74) is 3.34. The van der Waals surface area contributed by atoms with Crippen LogP contribution in [0.15, 0.2) is 43.0 Å². The van der Waals surface area contributed by atoms with Crippen LogP contribution in [0, 0.1) is 0 Å². The topological polar surface area (TPSA) is 91.8 Å². The van der Waals surface area contributed by atoms with E-state index in [1.165, 1.54) is 5.56 Å². The lowest BCUT2D eigenvalue weighted by molar-refractivity contribution is 0.519. The minimum atomic E-state index is 0.381. The lowest BCUT2D eigenvalue weighted by atomic mass is 10.0. The zero-order chi connectivity index (χ0) is 18.8. The van der Waals surface area contributed by atoms with Crippen molar-refractivity contribution in [2.45, 2.75) is 32.0 Å². The first-order chi connectivity index (χ1) is 13.9. The summed E-state index contributed by atoms with van der Waals surface area (Å²) in [4.78, 5) is 24.8. The molecule has 142 valence electrons. The van der Waals surface area contributed by atoms with Gasteiger partial charge in [0, 0.05) is 68.1 Å². The van der Waals surface area contributed by atoms with Crippen molar-refractivity contribution in [1.29, 1.82) is 0 Å². The first-order valence-corrected chi connectivity index (χ1v) is 9.66. The Morgan fingerprint density at radius 3 is 2.54 bits per heavy atom. The molecule has 2 aliphatic rings. The van der Waals surface area contributed by atoms with Crippen molar-refractivity contribution in [3.8, 4) is 11.4 Å². The summed E-state index contributed by atoms with van der Waals surface area (Å²) in [6.45, 7) is 3.52. The first kappa shape index (κ1) is 17.0. The van der Waals surface area contributed by atoms with Crippen LogP contribution in [-0.4, -0.2) is 44.1 Å². The lowest BCUT2D eigenvalue weighted by Gasteiger charge is -2.34. The Kier molecular flexibility index (Phi) is 4.54. The maximum atomic E-state index is 4.95. The van der Waals surface area contributed by atoms with Gasteiger partial charge in [-0.1, -0.05) is 0 Å². The molecule has 3 aromatic heterocycles. The fraction of sp³-hybridized carbons (Fsp3) is 0.350. The Morgan fingerprint density at radius 2 is 1.75 bits per heavy atom. The van der Waals surface area contributed by atoms with Crippen LogP contribution >= 0.6 is 0 Å². The average molecular weight is 374 g/mol. The predicted molar refractivity (Wildman–Crippen MR) is 107 cm³/mol. The predicted octanol–water partition coefficient (Wildman–Crippen LogP) is 2.01. The number of aromatic nitrogens is 5. The minimum Gasteiger partial charge on any atom is -0.356 e. The van der Waals surface area contributed by atoms with Crippen molar-refractivity contribution >= 4 is 11.8 Å². The van der Waals surface area contributed by atoms with Gasteiger partial charge in [-0.15, -0.1) is 0 Å². The normalized spacial score (nSPS) is 16.8. The molecule has 0 unspecified atom stereocenters. The number of hydrogen-bond acceptors (Lipinski definition) is 8. The summed E-state index contributed by atoms with van der Waals surface area (Å²) in [5, 5.41) is 6.86. The molecule has 1 fully saturated rings. The number of fused-ring (bicyclic) bond motifs is 1. The molecular weight excluding hydrogens is 352 g/mol. The molecule has 0 bridgehead atoms. The summed E-state index contributed by atoms with van der Waals surface area (Å²) in [6.07, 6.45) is 9.15. The number of piperidine rings is 1. The fourth-order valence-electron chi connectivity index (χ4n) is 3.83. The third-order valence-corrected chi connectivity index (χ3v) is 5.30. The van der Waals surface area contributed by atoms with Gasteiger partial charge in [-0.3, -0.25) is 4.98 Å². The fourth-order valence-corrected chi connectivity index (χ4v) is 3.83. The quantitative estimate of drug-likeness (QED) is 0.717. The molecular formula is C20H22N8. The van der Waals surface area contributed by atoms with Crippen molar-refractivity contribution in [3.05, 3.63) is 54.2 Å². The molecule has 0 atom stereocenters. The molecule has 5 rings (SSSR count). The van der Waals surface area contributed by atoms with Crippen molar-refractivity contribution in [1.82, 2.24) is 30.2 Å². The molecule has 0 aliphatic carbocycles. The minimum absolute atomic E-state index is 0.381. The molecule has 0 aromatic carbocycles. The third-order valence-electron chi connectivity index (χ3n) is 5.30. The van der Waals surface area contributed by atoms with Crippen LogP contribution in [0.5, 0.6) is 0 Å². The van der Waals surface area contributed by atoms with Gasteiger partial charge in [-0.2, -0.15) is 0 Å². The molecule has 0 radical (unpaired) electrons. The summed E-state index contributed by atoms with van der Waals surface area (Å²) in [6, 6.07) is 6.14. The molecule has 3 aromatic rings. The van der Waals surface area contributed by atoms with E-state index in [2.05, 4.69) is 30.5 Å². The van der Waals surface area contributed by atoms with Crippen LogP contribution in [0.3, 0.4) is 0 Å². The number of hydrogen-bond donors (Lipinski definition) is 2. The zero-order valence-corrected chi connectivity index (χ0v) is 15.5. The largest absolute Gasteiger partial charge is 0.356 e. The highest BCUT2D eigenvalue weighted by molar-refractivity contribution is 5.61. The van der Waals surface area contributed by atoms with Gasteiger partial charge in [0.2, 0.25) is 5.95 Å². The van der Waals surface area contributed by atoms with E-state index in [1.807, 2.05) is 18.2 Å². The smallest absolute Gasteiger partial charge is 0.222 e. The molecule has 0 spiro atoms. The lowest BCUT2D eigenvalue weighted by Crippen LogP contribution is -2.40. The molecule has 2 N–H and O–H groups in total. The van der Waals surface area contributed by atoms with Gasteiger partial charge in [-0.25, -0.2) is 19.9 Å². The van der Waals surface area contributed by atoms with Crippen molar-refractivity contribution in [3.63, 3.8) is 0 Å². The van der Waals surface area contributed by atoms with Crippen molar-refractivity contribution < 1.29 is 0 Å². The van der Waals surface area contributed by atoms with E-state index in [0.717, 1.165) is 61.9 Å². The van der Waals surface area contributed by atoms with E-state index < -0.39 is 0 Å². The maximum Gasteiger partial charge on any atom is 0.222 e. The molecule has 28 heavy (non-hydrogen) atoms. The van der Waals surface area contributed by atoms with Gasteiger partial charge in [0.1, 0.15) is 5.82 Å². The number of pyridine rings is 1. The van der Waals surface area contributed by atoms with E-state index in [4.69, 9.17) is 9.97 Å². The second-order valence-corrected chi connectivity index (χ2v) is 7.11. The highest BCUT2D eigenvalue weighted by Crippen LogP contribution is 2.30. The van der Waals surface area contributed by atoms with Crippen LogP contribution in [0.1, 0.15) is 24.1 Å². The van der Waals surface area contributed by atoms with Crippen LogP contribution in [0.2, 0.25) is 0 Å². The summed E-state index contributed by atoms with van der Waals surface area (Å²) in [7, 11) is 0. The molecule has 8 heteroatoms. The third kappa shape index (κ3) is 3.38. The zero-order valence-electron chi connectivity index (χ0n) is 15.5. The Hall–Kier alpha value is -3.13. The molecule has 0 saturated carbocycles. The SMILES string of the molecule is c1cnc(NC2CCN(c3nc(-c4ccncc4)nc4c3CNC4)CC2)nc1. The second-order valence-electron chi connectivity index (χ2n) is 7.11. The van der Waals surface area contributed by atoms with Gasteiger partial charge in [0.05, 0.1) is 5.69 Å². The Bertz CT molecular complexity index is 939. The molecule has 1 saturated heterocycles. The van der Waals surface area contributed by atoms with Crippen LogP contribution in [0.25, 0.3) is 11.4 Å². The van der Waals surface area contributed by atoms with Gasteiger partial charge in [0.25, 0.3) is 0 Å². The molecule has 8 nitrogen and oxygen atoms in total. The van der Waals surface area contributed by atoms with Crippen LogP contribution < -0.4 is 15.5 Å². The van der Waals surface area contributed by atoms with E-state index in [9.17, 15) is 0 Å². The van der Waals surface area contributed by atoms with E-state index in [1.54, 1.807) is 24.8 Å². The number of nitrogens with zero attached hydrogens (tertiary/aromatic N) is 6. The molecule has 2 aliphatic heterocycles. The highest BCUT2D eigenvalue weighted by Gasteiger charge is 2.27. The second kappa shape index (κ2) is 7.47. The highest BCUT2D eigenvalue weighted by atomic mass is 15.2. The van der Waals surface area contributed by atoms with Gasteiger partial charge in [0.15, 0.2) is 5.82 Å². The molecule has 5 heterocycles. The Labute approximate surface area is 163 Å².